The number of rotatable bonds is 19. The lowest BCUT2D eigenvalue weighted by Gasteiger charge is -2.11. The summed E-state index contributed by atoms with van der Waals surface area (Å²) in [4.78, 5) is 23.3. The summed E-state index contributed by atoms with van der Waals surface area (Å²) in [5.41, 5.74) is 6.07. The second-order valence-electron chi connectivity index (χ2n) is 9.93. The fourth-order valence-corrected chi connectivity index (χ4v) is 4.89. The van der Waals surface area contributed by atoms with Crippen LogP contribution in [-0.4, -0.2) is 22.1 Å². The van der Waals surface area contributed by atoms with E-state index in [0.29, 0.717) is 10.8 Å². The molecule has 0 radical (unpaired) electrons. The average Bonchev–Trinajstić information content (AvgIpc) is 2.83. The number of hydrogen-bond acceptors (Lipinski definition) is 3. The number of primary amides is 1. The quantitative estimate of drug-likeness (QED) is 0.175. The van der Waals surface area contributed by atoms with Crippen LogP contribution in [0.3, 0.4) is 0 Å². The maximum atomic E-state index is 11.8. The van der Waals surface area contributed by atoms with Gasteiger partial charge >= 0.3 is 5.97 Å². The zero-order valence-corrected chi connectivity index (χ0v) is 21.6. The van der Waals surface area contributed by atoms with Crippen LogP contribution in [0.2, 0.25) is 0 Å². The van der Waals surface area contributed by atoms with E-state index < -0.39 is 17.6 Å². The van der Waals surface area contributed by atoms with Crippen molar-refractivity contribution in [2.45, 2.75) is 116 Å². The Morgan fingerprint density at radius 3 is 1.69 bits per heavy atom. The van der Waals surface area contributed by atoms with Crippen molar-refractivity contribution in [3.8, 4) is 5.75 Å². The van der Waals surface area contributed by atoms with Gasteiger partial charge in [-0.2, -0.15) is 0 Å². The summed E-state index contributed by atoms with van der Waals surface area (Å²) in [5, 5.41) is 20.6. The highest BCUT2D eigenvalue weighted by atomic mass is 16.4. The normalized spacial score (nSPS) is 11.2. The van der Waals surface area contributed by atoms with Crippen molar-refractivity contribution in [1.82, 2.24) is 0 Å². The number of aromatic hydroxyl groups is 1. The van der Waals surface area contributed by atoms with Gasteiger partial charge in [-0.25, -0.2) is 4.79 Å². The van der Waals surface area contributed by atoms with Crippen LogP contribution < -0.4 is 5.73 Å². The summed E-state index contributed by atoms with van der Waals surface area (Å²) in [6.07, 6.45) is 22.3. The lowest BCUT2D eigenvalue weighted by Crippen LogP contribution is -2.13. The summed E-state index contributed by atoms with van der Waals surface area (Å²) in [6, 6.07) is 7.00. The summed E-state index contributed by atoms with van der Waals surface area (Å²) >= 11 is 0. The Kier molecular flexibility index (Phi) is 13.3. The van der Waals surface area contributed by atoms with E-state index in [2.05, 4.69) is 6.92 Å². The second kappa shape index (κ2) is 16.2. The Bertz CT molecular complexity index is 938. The third kappa shape index (κ3) is 9.91. The number of unbranched alkanes of at least 4 members (excludes halogenated alkanes) is 15. The molecule has 0 aromatic heterocycles. The van der Waals surface area contributed by atoms with Gasteiger partial charge in [0.25, 0.3) is 5.91 Å². The first kappa shape index (κ1) is 28.7. The van der Waals surface area contributed by atoms with E-state index in [1.54, 1.807) is 6.07 Å². The molecule has 0 atom stereocenters. The fourth-order valence-electron chi connectivity index (χ4n) is 4.89. The molecule has 0 heterocycles. The molecule has 2 aromatic rings. The highest BCUT2D eigenvalue weighted by Crippen LogP contribution is 2.32. The Hall–Kier alpha value is -2.56. The molecular formula is C30H45NO4. The molecular weight excluding hydrogens is 438 g/mol. The first-order valence-electron chi connectivity index (χ1n) is 13.8. The maximum absolute atomic E-state index is 11.8. The van der Waals surface area contributed by atoms with Gasteiger partial charge in [-0.15, -0.1) is 0 Å². The molecule has 2 rings (SSSR count). The first-order valence-corrected chi connectivity index (χ1v) is 13.8. The van der Waals surface area contributed by atoms with Gasteiger partial charge in [0, 0.05) is 0 Å². The third-order valence-electron chi connectivity index (χ3n) is 6.97. The van der Waals surface area contributed by atoms with Crippen LogP contribution in [0.15, 0.2) is 24.3 Å². The highest BCUT2D eigenvalue weighted by Gasteiger charge is 2.20. The number of carboxylic acids is 1. The maximum Gasteiger partial charge on any atom is 0.339 e. The standard InChI is InChI=1S/C30H45NO4/c1-2-3-4-5-6-7-8-9-10-11-12-13-14-15-16-17-18-23-19-20-25-24(21-23)22-26(30(34)35)28(32)27(25)29(31)33/h19-22,32H,2-18H2,1H3,(H2,31,33)(H,34,35). The van der Waals surface area contributed by atoms with Gasteiger partial charge in [-0.05, 0) is 35.2 Å². The molecule has 0 aliphatic heterocycles. The number of carboxylic acid groups (broad SMARTS) is 1. The predicted molar refractivity (Wildman–Crippen MR) is 144 cm³/mol. The van der Waals surface area contributed by atoms with E-state index in [1.807, 2.05) is 12.1 Å². The van der Waals surface area contributed by atoms with Gasteiger partial charge in [0.2, 0.25) is 0 Å². The van der Waals surface area contributed by atoms with Crippen LogP contribution in [0.1, 0.15) is 136 Å². The molecule has 4 N–H and O–H groups in total. The monoisotopic (exact) mass is 483 g/mol. The molecule has 5 nitrogen and oxygen atoms in total. The largest absolute Gasteiger partial charge is 0.506 e. The van der Waals surface area contributed by atoms with Crippen molar-refractivity contribution < 1.29 is 19.8 Å². The van der Waals surface area contributed by atoms with E-state index in [9.17, 15) is 19.8 Å². The molecule has 2 aromatic carbocycles. The summed E-state index contributed by atoms with van der Waals surface area (Å²) in [6.45, 7) is 2.27. The molecule has 0 fully saturated rings. The van der Waals surface area contributed by atoms with Crippen LogP contribution >= 0.6 is 0 Å². The minimum Gasteiger partial charge on any atom is -0.506 e. The van der Waals surface area contributed by atoms with Gasteiger partial charge in [-0.1, -0.05) is 121 Å². The first-order chi connectivity index (χ1) is 17.0. The molecule has 1 amide bonds. The summed E-state index contributed by atoms with van der Waals surface area (Å²) in [5.74, 6) is -2.68. The number of aromatic carboxylic acids is 1. The van der Waals surface area contributed by atoms with E-state index in [-0.39, 0.29) is 11.1 Å². The summed E-state index contributed by atoms with van der Waals surface area (Å²) < 4.78 is 0. The van der Waals surface area contributed by atoms with Gasteiger partial charge in [0.15, 0.2) is 0 Å². The average molecular weight is 484 g/mol. The van der Waals surface area contributed by atoms with Crippen molar-refractivity contribution in [2.24, 2.45) is 5.73 Å². The second-order valence-corrected chi connectivity index (χ2v) is 9.93. The molecule has 35 heavy (non-hydrogen) atoms. The van der Waals surface area contributed by atoms with E-state index in [4.69, 9.17) is 5.73 Å². The molecule has 0 saturated heterocycles. The number of fused-ring (bicyclic) bond motifs is 1. The van der Waals surface area contributed by atoms with Crippen molar-refractivity contribution >= 4 is 22.6 Å². The number of amides is 1. The van der Waals surface area contributed by atoms with Crippen LogP contribution in [0.5, 0.6) is 5.75 Å². The molecule has 0 saturated carbocycles. The Morgan fingerprint density at radius 2 is 1.23 bits per heavy atom. The molecule has 0 bridgehead atoms. The van der Waals surface area contributed by atoms with Gasteiger partial charge in [-0.3, -0.25) is 4.79 Å². The zero-order valence-electron chi connectivity index (χ0n) is 21.6. The topological polar surface area (TPSA) is 101 Å². The molecule has 0 aliphatic rings. The van der Waals surface area contributed by atoms with Crippen molar-refractivity contribution in [3.05, 3.63) is 41.0 Å². The Balaban J connectivity index is 1.62. The SMILES string of the molecule is CCCCCCCCCCCCCCCCCCc1ccc2c(C(N)=O)c(O)c(C(=O)O)cc2c1. The van der Waals surface area contributed by atoms with Crippen LogP contribution in [0.25, 0.3) is 10.8 Å². The predicted octanol–water partition coefficient (Wildman–Crippen LogP) is 8.15. The van der Waals surface area contributed by atoms with Crippen LogP contribution in [0.4, 0.5) is 0 Å². The molecule has 0 spiro atoms. The van der Waals surface area contributed by atoms with E-state index in [0.717, 1.165) is 18.4 Å². The third-order valence-corrected chi connectivity index (χ3v) is 6.97. The highest BCUT2D eigenvalue weighted by molar-refractivity contribution is 6.12. The number of aryl methyl sites for hydroxylation is 1. The number of carbonyl (C=O) groups excluding carboxylic acids is 1. The zero-order chi connectivity index (χ0) is 25.5. The number of phenols is 1. The number of benzene rings is 2. The number of carbonyl (C=O) groups is 2. The van der Waals surface area contributed by atoms with E-state index in [1.165, 1.54) is 102 Å². The van der Waals surface area contributed by atoms with Crippen molar-refractivity contribution in [3.63, 3.8) is 0 Å². The van der Waals surface area contributed by atoms with Gasteiger partial charge in [0.1, 0.15) is 11.3 Å². The van der Waals surface area contributed by atoms with E-state index >= 15 is 0 Å². The summed E-state index contributed by atoms with van der Waals surface area (Å²) in [7, 11) is 0. The van der Waals surface area contributed by atoms with Gasteiger partial charge in [0.05, 0.1) is 5.56 Å². The minimum absolute atomic E-state index is 0.131. The molecule has 0 aliphatic carbocycles. The molecule has 5 heteroatoms. The van der Waals surface area contributed by atoms with Crippen molar-refractivity contribution in [1.29, 1.82) is 0 Å². The lowest BCUT2D eigenvalue weighted by molar-refractivity contribution is 0.0694. The Labute approximate surface area is 211 Å². The number of nitrogens with two attached hydrogens (primary N) is 1. The fraction of sp³-hybridized carbons (Fsp3) is 0.600. The smallest absolute Gasteiger partial charge is 0.339 e. The van der Waals surface area contributed by atoms with Crippen LogP contribution in [0, 0.1) is 0 Å². The Morgan fingerprint density at radius 1 is 0.743 bits per heavy atom. The lowest BCUT2D eigenvalue weighted by atomic mass is 9.95. The van der Waals surface area contributed by atoms with Gasteiger partial charge < -0.3 is 15.9 Å². The minimum atomic E-state index is -1.28. The van der Waals surface area contributed by atoms with Crippen LogP contribution in [-0.2, 0) is 6.42 Å². The molecule has 194 valence electrons. The number of hydrogen-bond donors (Lipinski definition) is 3. The molecule has 0 unspecified atom stereocenters. The van der Waals surface area contributed by atoms with Crippen molar-refractivity contribution in [2.75, 3.05) is 0 Å².